The summed E-state index contributed by atoms with van der Waals surface area (Å²) in [6.45, 7) is 5.28. The van der Waals surface area contributed by atoms with Crippen LogP contribution in [0.4, 0.5) is 11.4 Å². The van der Waals surface area contributed by atoms with Crippen molar-refractivity contribution in [3.63, 3.8) is 0 Å². The number of ether oxygens (including phenoxy) is 2. The molecule has 5 fully saturated rings. The number of likely N-dealkylation sites (N-methyl/N-ethyl adjacent to an activating group) is 1. The Kier molecular flexibility index (Phi) is 7.25. The molecule has 0 aromatic heterocycles. The number of hydrazine groups is 1. The molecule has 13 heteroatoms. The molecule has 13 nitrogen and oxygen atoms in total. The third-order valence-electron chi connectivity index (χ3n) is 9.29. The Morgan fingerprint density at radius 2 is 1.90 bits per heavy atom. The standard InChI is InChI=1S/C28H41N9O4/c1-33-11-13-34(14-12-33)20-6-5-18(15-22(20)40-2)30-28-29-16-19-25(32-28)37-23-8-7-21-26(31-23)35(24(38)17-41-21)9-3-4-10-36(37)27(19)39/h4-6,10,15,19,21,23,25-26,28-32H,3,7-9,11-14,16-17H2,1-2H3. The van der Waals surface area contributed by atoms with Crippen LogP contribution < -0.4 is 30.9 Å². The number of piperidine rings is 1. The Morgan fingerprint density at radius 1 is 1.05 bits per heavy atom. The molecule has 2 amide bonds. The molecule has 1 aromatic carbocycles. The van der Waals surface area contributed by atoms with E-state index in [9.17, 15) is 9.59 Å². The maximum Gasteiger partial charge on any atom is 0.249 e. The van der Waals surface area contributed by atoms with Gasteiger partial charge < -0.3 is 29.5 Å². The van der Waals surface area contributed by atoms with E-state index in [1.165, 1.54) is 0 Å². The SMILES string of the molecule is COc1cc(NC2NCC3C(=O)N4C=CCCN5C(=O)COC6CCC(NC65)N4C3N2)ccc1N1CCN(C)CC1. The first-order valence-electron chi connectivity index (χ1n) is 14.8. The van der Waals surface area contributed by atoms with Crippen molar-refractivity contribution >= 4 is 23.2 Å². The van der Waals surface area contributed by atoms with E-state index < -0.39 is 0 Å². The minimum absolute atomic E-state index is 0.0129. The number of fused-ring (bicyclic) bond motifs is 5. The minimum atomic E-state index is -0.255. The van der Waals surface area contributed by atoms with Crippen LogP contribution in [0.2, 0.25) is 0 Å². The van der Waals surface area contributed by atoms with E-state index in [2.05, 4.69) is 55.3 Å². The van der Waals surface area contributed by atoms with Crippen LogP contribution in [-0.4, -0.2) is 123 Å². The van der Waals surface area contributed by atoms with Crippen molar-refractivity contribution in [2.24, 2.45) is 5.92 Å². The van der Waals surface area contributed by atoms with Crippen LogP contribution in [0.25, 0.3) is 0 Å². The maximum atomic E-state index is 13.6. The lowest BCUT2D eigenvalue weighted by atomic mass is 9.99. The molecule has 6 heterocycles. The monoisotopic (exact) mass is 567 g/mol. The molecule has 6 aliphatic rings. The maximum absolute atomic E-state index is 13.6. The zero-order valence-corrected chi connectivity index (χ0v) is 23.8. The molecule has 7 rings (SSSR count). The fraction of sp³-hybridized carbons (Fsp3) is 0.643. The normalized spacial score (nSPS) is 34.3. The van der Waals surface area contributed by atoms with Gasteiger partial charge in [-0.05, 0) is 38.4 Å². The predicted octanol–water partition coefficient (Wildman–Crippen LogP) is -0.483. The summed E-state index contributed by atoms with van der Waals surface area (Å²) < 4.78 is 11.7. The number of amides is 2. The van der Waals surface area contributed by atoms with Crippen LogP contribution in [0.3, 0.4) is 0 Å². The second-order valence-corrected chi connectivity index (χ2v) is 11.8. The molecule has 222 valence electrons. The van der Waals surface area contributed by atoms with Crippen molar-refractivity contribution in [2.45, 2.75) is 50.2 Å². The third kappa shape index (κ3) is 4.94. The lowest BCUT2D eigenvalue weighted by Crippen LogP contribution is -2.72. The van der Waals surface area contributed by atoms with Gasteiger partial charge in [-0.2, -0.15) is 5.01 Å². The number of rotatable bonds is 4. The average molecular weight is 568 g/mol. The molecule has 0 saturated carbocycles. The van der Waals surface area contributed by atoms with Crippen LogP contribution in [-0.2, 0) is 14.3 Å². The van der Waals surface area contributed by atoms with Gasteiger partial charge in [-0.1, -0.05) is 6.08 Å². The number of nitrogens with one attached hydrogen (secondary N) is 4. The van der Waals surface area contributed by atoms with E-state index in [1.807, 2.05) is 23.2 Å². The van der Waals surface area contributed by atoms with Gasteiger partial charge in [0.1, 0.15) is 24.8 Å². The molecule has 6 atom stereocenters. The lowest BCUT2D eigenvalue weighted by Gasteiger charge is -2.50. The van der Waals surface area contributed by atoms with Crippen molar-refractivity contribution < 1.29 is 19.1 Å². The highest BCUT2D eigenvalue weighted by atomic mass is 16.5. The number of hydrogen-bond donors (Lipinski definition) is 4. The van der Waals surface area contributed by atoms with E-state index in [0.717, 1.165) is 56.1 Å². The van der Waals surface area contributed by atoms with Gasteiger partial charge in [-0.25, -0.2) is 5.01 Å². The smallest absolute Gasteiger partial charge is 0.249 e. The van der Waals surface area contributed by atoms with Crippen LogP contribution >= 0.6 is 0 Å². The molecule has 0 spiro atoms. The summed E-state index contributed by atoms with van der Waals surface area (Å²) in [5, 5.41) is 18.3. The summed E-state index contributed by atoms with van der Waals surface area (Å²) in [6, 6.07) is 6.25. The topological polar surface area (TPSA) is 117 Å². The van der Waals surface area contributed by atoms with Gasteiger partial charge in [-0.3, -0.25) is 25.5 Å². The Hall–Kier alpha value is -2.94. The molecule has 1 aromatic rings. The van der Waals surface area contributed by atoms with Gasteiger partial charge in [0.05, 0.1) is 37.2 Å². The first kappa shape index (κ1) is 26.9. The molecule has 4 N–H and O–H groups in total. The van der Waals surface area contributed by atoms with Crippen LogP contribution in [0.1, 0.15) is 19.3 Å². The van der Waals surface area contributed by atoms with Gasteiger partial charge >= 0.3 is 0 Å². The highest BCUT2D eigenvalue weighted by molar-refractivity contribution is 5.83. The minimum Gasteiger partial charge on any atom is -0.495 e. The zero-order chi connectivity index (χ0) is 28.1. The Morgan fingerprint density at radius 3 is 2.73 bits per heavy atom. The number of benzene rings is 1. The predicted molar refractivity (Wildman–Crippen MR) is 152 cm³/mol. The molecular weight excluding hydrogens is 526 g/mol. The number of nitrogens with zero attached hydrogens (tertiary/aromatic N) is 5. The van der Waals surface area contributed by atoms with Crippen molar-refractivity contribution in [3.8, 4) is 5.75 Å². The van der Waals surface area contributed by atoms with E-state index >= 15 is 0 Å². The lowest BCUT2D eigenvalue weighted by molar-refractivity contribution is -0.174. The second kappa shape index (κ2) is 11.0. The molecule has 5 saturated heterocycles. The quantitative estimate of drug-likeness (QED) is 0.378. The van der Waals surface area contributed by atoms with Crippen molar-refractivity contribution in [1.82, 2.24) is 35.8 Å². The summed E-state index contributed by atoms with van der Waals surface area (Å²) >= 11 is 0. The van der Waals surface area contributed by atoms with Crippen molar-refractivity contribution in [1.29, 1.82) is 0 Å². The molecular formula is C28H41N9O4. The molecule has 2 bridgehead atoms. The summed E-state index contributed by atoms with van der Waals surface area (Å²) in [5.41, 5.74) is 2.03. The van der Waals surface area contributed by atoms with E-state index in [4.69, 9.17) is 9.47 Å². The second-order valence-electron chi connectivity index (χ2n) is 11.8. The summed E-state index contributed by atoms with van der Waals surface area (Å²) in [6.07, 6.45) is 5.36. The average Bonchev–Trinajstić information content (AvgIpc) is 3.26. The van der Waals surface area contributed by atoms with Gasteiger partial charge in [0.25, 0.3) is 0 Å². The van der Waals surface area contributed by atoms with Gasteiger partial charge in [0.15, 0.2) is 0 Å². The third-order valence-corrected chi connectivity index (χ3v) is 9.29. The zero-order valence-electron chi connectivity index (χ0n) is 23.8. The van der Waals surface area contributed by atoms with E-state index in [-0.39, 0.29) is 55.2 Å². The van der Waals surface area contributed by atoms with Gasteiger partial charge in [0.2, 0.25) is 11.8 Å². The first-order chi connectivity index (χ1) is 20.0. The number of methoxy groups -OCH3 is 1. The first-order valence-corrected chi connectivity index (χ1v) is 14.8. The number of carbonyl (C=O) groups is 2. The van der Waals surface area contributed by atoms with Crippen LogP contribution in [0, 0.1) is 5.92 Å². The molecule has 0 aliphatic carbocycles. The van der Waals surface area contributed by atoms with Crippen molar-refractivity contribution in [2.75, 3.05) is 70.2 Å². The largest absolute Gasteiger partial charge is 0.495 e. The van der Waals surface area contributed by atoms with Gasteiger partial charge in [0, 0.05) is 57.2 Å². The molecule has 6 aliphatic heterocycles. The van der Waals surface area contributed by atoms with E-state index in [0.29, 0.717) is 19.5 Å². The number of morpholine rings is 1. The van der Waals surface area contributed by atoms with Crippen LogP contribution in [0.15, 0.2) is 30.5 Å². The number of carbonyl (C=O) groups excluding carboxylic acids is 2. The molecule has 41 heavy (non-hydrogen) atoms. The van der Waals surface area contributed by atoms with Crippen LogP contribution in [0.5, 0.6) is 5.75 Å². The highest BCUT2D eigenvalue weighted by Gasteiger charge is 2.53. The Balaban J connectivity index is 1.09. The van der Waals surface area contributed by atoms with E-state index in [1.54, 1.807) is 12.1 Å². The van der Waals surface area contributed by atoms with Crippen molar-refractivity contribution in [3.05, 3.63) is 30.5 Å². The fourth-order valence-corrected chi connectivity index (χ4v) is 7.04. The Bertz CT molecular complexity index is 1190. The number of hydrogen-bond acceptors (Lipinski definition) is 11. The summed E-state index contributed by atoms with van der Waals surface area (Å²) in [4.78, 5) is 32.9. The fourth-order valence-electron chi connectivity index (χ4n) is 7.04. The van der Waals surface area contributed by atoms with Gasteiger partial charge in [-0.15, -0.1) is 0 Å². The number of anilines is 2. The highest BCUT2D eigenvalue weighted by Crippen LogP contribution is 2.35. The summed E-state index contributed by atoms with van der Waals surface area (Å²) in [7, 11) is 3.87. The Labute approximate surface area is 240 Å². The summed E-state index contributed by atoms with van der Waals surface area (Å²) in [5.74, 6) is 0.679. The number of piperazine rings is 1. The molecule has 0 radical (unpaired) electrons. The molecule has 6 unspecified atom stereocenters.